The summed E-state index contributed by atoms with van der Waals surface area (Å²) in [7, 11) is 7.33. The number of aliphatic hydroxyl groups is 6. The first-order valence-corrected chi connectivity index (χ1v) is 27.7. The summed E-state index contributed by atoms with van der Waals surface area (Å²) < 4.78 is 42.6. The van der Waals surface area contributed by atoms with Crippen LogP contribution in [-0.2, 0) is 19.5 Å². The van der Waals surface area contributed by atoms with Gasteiger partial charge in [0.05, 0.1) is 80.8 Å². The van der Waals surface area contributed by atoms with Crippen LogP contribution in [-0.4, -0.2) is 283 Å². The number of piperazine rings is 2. The molecule has 4 heterocycles. The summed E-state index contributed by atoms with van der Waals surface area (Å²) in [5.74, 6) is 1.20. The molecule has 2 aliphatic rings. The lowest BCUT2D eigenvalue weighted by atomic mass is 10.1. The van der Waals surface area contributed by atoms with E-state index in [2.05, 4.69) is 45.4 Å². The number of likely N-dealkylation sites (N-methyl/N-ethyl adjacent to an activating group) is 2. The van der Waals surface area contributed by atoms with E-state index in [4.69, 9.17) is 19.6 Å². The first-order valence-electron chi connectivity index (χ1n) is 25.6. The lowest BCUT2D eigenvalue weighted by molar-refractivity contribution is -0.873. The quantitative estimate of drug-likeness (QED) is 0.00774. The van der Waals surface area contributed by atoms with Crippen LogP contribution in [0.5, 0.6) is 0 Å². The highest BCUT2D eigenvalue weighted by atomic mass is 32.2. The Morgan fingerprint density at radius 1 is 0.628 bits per heavy atom. The fraction of sp³-hybridized carbons (Fsp3) is 0.583. The van der Waals surface area contributed by atoms with Crippen LogP contribution < -0.4 is 30.2 Å². The molecule has 0 bridgehead atoms. The molecule has 0 radical (unpaired) electrons. The van der Waals surface area contributed by atoms with E-state index < -0.39 is 27.2 Å². The highest BCUT2D eigenvalue weighted by Gasteiger charge is 2.28. The molecule has 0 aliphatic carbocycles. The molecule has 10 N–H and O–H groups in total. The third-order valence-electron chi connectivity index (χ3n) is 12.4. The van der Waals surface area contributed by atoms with Crippen molar-refractivity contribution < 1.29 is 67.2 Å². The molecule has 4 aromatic rings. The van der Waals surface area contributed by atoms with Crippen LogP contribution >= 0.6 is 12.0 Å². The van der Waals surface area contributed by atoms with Gasteiger partial charge in [-0.2, -0.15) is 38.3 Å². The zero-order valence-electron chi connectivity index (χ0n) is 45.2. The summed E-state index contributed by atoms with van der Waals surface area (Å²) in [5, 5.41) is 80.1. The van der Waals surface area contributed by atoms with Crippen molar-refractivity contribution in [3.8, 4) is 0 Å². The Morgan fingerprint density at radius 3 is 1.44 bits per heavy atom. The van der Waals surface area contributed by atoms with Gasteiger partial charge in [-0.1, -0.05) is 29.3 Å². The highest BCUT2D eigenvalue weighted by molar-refractivity contribution is 7.94. The van der Waals surface area contributed by atoms with Gasteiger partial charge >= 0.3 is 0 Å². The second kappa shape index (κ2) is 28.8. The maximum Gasteiger partial charge on any atom is 0.295 e. The summed E-state index contributed by atoms with van der Waals surface area (Å²) >= 11 is 0.642. The van der Waals surface area contributed by atoms with Crippen molar-refractivity contribution >= 4 is 81.4 Å². The van der Waals surface area contributed by atoms with Gasteiger partial charge in [0.15, 0.2) is 0 Å². The van der Waals surface area contributed by atoms with Crippen molar-refractivity contribution in [3.63, 3.8) is 0 Å². The number of benzene rings is 2. The minimum atomic E-state index is -4.85. The number of rotatable bonds is 30. The predicted octanol–water partition coefficient (Wildman–Crippen LogP) is -0.651. The van der Waals surface area contributed by atoms with Gasteiger partial charge in [0.1, 0.15) is 30.2 Å². The summed E-state index contributed by atoms with van der Waals surface area (Å²) in [6, 6.07) is 9.27. The van der Waals surface area contributed by atoms with Crippen molar-refractivity contribution in [1.29, 1.82) is 0 Å². The SMILES string of the molecule is C[N+](C)(C)CC(O)CN1CCN(c2nc(Nc3ccc(C=Cc4ccc(Nc5nc(N(CCO)CCO)nc(N6CCN(CC(O)C[N+](C)(C)C)CC6)n5)cc4S(=O)(=O)O)c(SOOO)c3)nc(N(CCO)CCO)n2)CC1. The van der Waals surface area contributed by atoms with Gasteiger partial charge in [-0.25, -0.2) is 5.26 Å². The van der Waals surface area contributed by atoms with Gasteiger partial charge in [0, 0.05) is 108 Å². The lowest BCUT2D eigenvalue weighted by Gasteiger charge is -2.36. The Labute approximate surface area is 459 Å². The number of β-amino-alcohol motifs (C(OH)–C–C–N with tert-alkyl or cyclic N) is 2. The normalized spacial score (nSPS) is 16.0. The molecule has 78 heavy (non-hydrogen) atoms. The summed E-state index contributed by atoms with van der Waals surface area (Å²) in [5.41, 5.74) is 1.21. The lowest BCUT2D eigenvalue weighted by Crippen LogP contribution is -2.52. The highest BCUT2D eigenvalue weighted by Crippen LogP contribution is 2.32. The third kappa shape index (κ3) is 19.2. The average Bonchev–Trinajstić information content (AvgIpc) is 3.45. The van der Waals surface area contributed by atoms with Crippen LogP contribution in [0.1, 0.15) is 11.1 Å². The second-order valence-corrected chi connectivity index (χ2v) is 23.1. The molecule has 2 aliphatic heterocycles. The van der Waals surface area contributed by atoms with Gasteiger partial charge < -0.3 is 69.8 Å². The first kappa shape index (κ1) is 61.9. The molecule has 2 aromatic heterocycles. The van der Waals surface area contributed by atoms with E-state index >= 15 is 0 Å². The summed E-state index contributed by atoms with van der Waals surface area (Å²) in [6.45, 7) is 6.48. The molecular weight excluding hydrogens is 1060 g/mol. The minimum absolute atomic E-state index is 0.0290. The average molecular weight is 1140 g/mol. The van der Waals surface area contributed by atoms with Crippen LogP contribution in [0.3, 0.4) is 0 Å². The fourth-order valence-corrected chi connectivity index (χ4v) is 10.2. The number of nitrogens with zero attached hydrogens (tertiary/aromatic N) is 14. The van der Waals surface area contributed by atoms with E-state index in [0.717, 1.165) is 0 Å². The topological polar surface area (TPSA) is 335 Å². The Kier molecular flexibility index (Phi) is 22.8. The zero-order chi connectivity index (χ0) is 56.6. The molecule has 2 saturated heterocycles. The molecule has 2 aromatic carbocycles. The van der Waals surface area contributed by atoms with Crippen LogP contribution in [0, 0.1) is 0 Å². The van der Waals surface area contributed by atoms with Gasteiger partial charge in [-0.3, -0.25) is 14.4 Å². The van der Waals surface area contributed by atoms with Crippen molar-refractivity contribution in [2.75, 3.05) is 204 Å². The number of anilines is 8. The molecule has 2 unspecified atom stereocenters. The van der Waals surface area contributed by atoms with Crippen LogP contribution in [0.15, 0.2) is 46.2 Å². The van der Waals surface area contributed by atoms with Gasteiger partial charge in [-0.15, -0.1) is 4.33 Å². The molecular formula is C48H78N16O12S2+2. The van der Waals surface area contributed by atoms with E-state index in [-0.39, 0.29) is 87.7 Å². The Hall–Kier alpha value is -5.26. The fourth-order valence-electron chi connectivity index (χ4n) is 9.01. The Morgan fingerprint density at radius 2 is 1.04 bits per heavy atom. The van der Waals surface area contributed by atoms with E-state index in [0.29, 0.717) is 128 Å². The maximum absolute atomic E-state index is 13.0. The van der Waals surface area contributed by atoms with Gasteiger partial charge in [0.2, 0.25) is 35.7 Å². The Balaban J connectivity index is 1.24. The van der Waals surface area contributed by atoms with E-state index in [1.165, 1.54) is 18.2 Å². The molecule has 0 amide bonds. The van der Waals surface area contributed by atoms with Crippen molar-refractivity contribution in [3.05, 3.63) is 47.5 Å². The van der Waals surface area contributed by atoms with E-state index in [1.807, 2.05) is 52.1 Å². The minimum Gasteiger partial charge on any atom is -0.395 e. The van der Waals surface area contributed by atoms with Crippen LogP contribution in [0.2, 0.25) is 0 Å². The van der Waals surface area contributed by atoms with Gasteiger partial charge in [0.25, 0.3) is 10.1 Å². The first-order chi connectivity index (χ1) is 37.1. The molecule has 6 rings (SSSR count). The summed E-state index contributed by atoms with van der Waals surface area (Å²) in [6.07, 6.45) is 2.02. The number of quaternary nitrogens is 2. The molecule has 0 saturated carbocycles. The predicted molar refractivity (Wildman–Crippen MR) is 296 cm³/mol. The third-order valence-corrected chi connectivity index (χ3v) is 14.0. The van der Waals surface area contributed by atoms with E-state index in [1.54, 1.807) is 40.1 Å². The van der Waals surface area contributed by atoms with Crippen molar-refractivity contribution in [1.82, 2.24) is 39.7 Å². The number of aromatic nitrogens is 6. The van der Waals surface area contributed by atoms with Crippen LogP contribution in [0.4, 0.5) is 47.1 Å². The zero-order valence-corrected chi connectivity index (χ0v) is 46.8. The molecule has 28 nitrogen and oxygen atoms in total. The standard InChI is InChI=1S/C48H76N16O12S2/c1-63(2,3)33-39(69)31-57-13-17-59(18-14-57)45-51-43(53-47(55-45)61(21-25-65)22-26-66)49-37-11-9-35(41(29-37)77-76-75-71)7-8-36-10-12-38(30-42(36)78(72,73)74)50-44-52-46(56-48(54-44)62(23-27-67)24-28-68)60-19-15-58(16-20-60)32-40(70)34-64(4,5)6/h7-12,29-30,39-40,65-70H,13-28,31-34H2,1-6H3,(H2-2,49,50,51,52,53,54,55,56,71,72,73,74)/p+2. The smallest absolute Gasteiger partial charge is 0.295 e. The second-order valence-electron chi connectivity index (χ2n) is 21.0. The molecule has 30 heteroatoms. The van der Waals surface area contributed by atoms with Gasteiger partial charge in [-0.05, 0) is 35.4 Å². The number of hydrogen-bond acceptors (Lipinski definition) is 26. The monoisotopic (exact) mass is 1130 g/mol. The molecule has 432 valence electrons. The number of aliphatic hydroxyl groups excluding tert-OH is 6. The Bertz CT molecular complexity index is 2660. The molecule has 2 fully saturated rings. The van der Waals surface area contributed by atoms with E-state index in [9.17, 15) is 43.6 Å². The van der Waals surface area contributed by atoms with Crippen molar-refractivity contribution in [2.24, 2.45) is 0 Å². The summed E-state index contributed by atoms with van der Waals surface area (Å²) in [4.78, 5) is 39.5. The number of hydrogen-bond donors (Lipinski definition) is 10. The van der Waals surface area contributed by atoms with Crippen LogP contribution in [0.25, 0.3) is 12.2 Å². The molecule has 2 atom stereocenters. The number of nitrogens with one attached hydrogen (secondary N) is 2. The maximum atomic E-state index is 13.0. The largest absolute Gasteiger partial charge is 0.395 e. The molecule has 0 spiro atoms. The van der Waals surface area contributed by atoms with Crippen molar-refractivity contribution in [2.45, 2.75) is 22.0 Å².